The summed E-state index contributed by atoms with van der Waals surface area (Å²) < 4.78 is 54.9. The topological polar surface area (TPSA) is 79.8 Å². The van der Waals surface area contributed by atoms with Crippen molar-refractivity contribution in [3.05, 3.63) is 41.8 Å². The largest absolute Gasteiger partial charge is 0.358 e. The van der Waals surface area contributed by atoms with Crippen LogP contribution in [0.5, 0.6) is 0 Å². The van der Waals surface area contributed by atoms with Gasteiger partial charge in [0.15, 0.2) is 0 Å². The van der Waals surface area contributed by atoms with Crippen LogP contribution in [0.4, 0.5) is 14.5 Å². The van der Waals surface area contributed by atoms with Crippen molar-refractivity contribution in [1.82, 2.24) is 14.8 Å². The minimum absolute atomic E-state index is 0.0294. The molecule has 138 valence electrons. The van der Waals surface area contributed by atoms with Gasteiger partial charge >= 0.3 is 0 Å². The Morgan fingerprint density at radius 2 is 2.15 bits per heavy atom. The smallest absolute Gasteiger partial charge is 0.265 e. The molecule has 0 aliphatic heterocycles. The molecule has 0 unspecified atom stereocenters. The molecule has 0 atom stereocenters. The van der Waals surface area contributed by atoms with E-state index in [0.717, 1.165) is 0 Å². The molecule has 6 nitrogen and oxygen atoms in total. The van der Waals surface area contributed by atoms with Gasteiger partial charge in [-0.05, 0) is 12.0 Å². The Morgan fingerprint density at radius 3 is 2.88 bits per heavy atom. The van der Waals surface area contributed by atoms with Gasteiger partial charge in [0.1, 0.15) is 4.90 Å². The molecule has 1 aliphatic rings. The fraction of sp³-hybridized carbons (Fsp3) is 0.312. The van der Waals surface area contributed by atoms with E-state index in [-0.39, 0.29) is 30.2 Å². The number of rotatable bonds is 5. The summed E-state index contributed by atoms with van der Waals surface area (Å²) >= 11 is 6.05. The lowest BCUT2D eigenvalue weighted by Crippen LogP contribution is -2.37. The molecular weight excluding hydrogens is 386 g/mol. The molecule has 0 amide bonds. The van der Waals surface area contributed by atoms with Crippen LogP contribution >= 0.6 is 11.6 Å². The van der Waals surface area contributed by atoms with Gasteiger partial charge in [-0.15, -0.1) is 0 Å². The molecule has 2 heterocycles. The quantitative estimate of drug-likeness (QED) is 0.682. The molecule has 1 aliphatic carbocycles. The van der Waals surface area contributed by atoms with Crippen LogP contribution in [0, 0.1) is 5.92 Å². The van der Waals surface area contributed by atoms with Gasteiger partial charge in [0, 0.05) is 37.2 Å². The first-order chi connectivity index (χ1) is 12.2. The summed E-state index contributed by atoms with van der Waals surface area (Å²) in [6.45, 7) is 0.271. The maximum atomic E-state index is 12.9. The van der Waals surface area contributed by atoms with Gasteiger partial charge in [0.05, 0.1) is 22.4 Å². The van der Waals surface area contributed by atoms with Crippen LogP contribution < -0.4 is 4.72 Å². The summed E-state index contributed by atoms with van der Waals surface area (Å²) in [6.07, 6.45) is 3.75. The van der Waals surface area contributed by atoms with E-state index in [1.807, 2.05) is 0 Å². The van der Waals surface area contributed by atoms with Gasteiger partial charge in [-0.1, -0.05) is 23.7 Å². The molecule has 2 aromatic heterocycles. The summed E-state index contributed by atoms with van der Waals surface area (Å²) in [7, 11) is -3.87. The summed E-state index contributed by atoms with van der Waals surface area (Å²) in [5.41, 5.74) is 0.936. The van der Waals surface area contributed by atoms with Crippen molar-refractivity contribution in [2.24, 2.45) is 5.92 Å². The number of hydrogen-bond donors (Lipinski definition) is 2. The number of halogens is 3. The Hall–Kier alpha value is -2.13. The summed E-state index contributed by atoms with van der Waals surface area (Å²) in [6, 6.07) is 5.09. The van der Waals surface area contributed by atoms with Crippen LogP contribution in [0.3, 0.4) is 0 Å². The molecule has 2 N–H and O–H groups in total. The Kier molecular flexibility index (Phi) is 3.96. The van der Waals surface area contributed by atoms with E-state index in [9.17, 15) is 17.2 Å². The molecule has 4 rings (SSSR count). The lowest BCUT2D eigenvalue weighted by atomic mass is 9.81. The number of fused-ring (bicyclic) bond motifs is 1. The number of hydrogen-bond acceptors (Lipinski definition) is 3. The number of nitrogens with zero attached hydrogens (tertiary/aromatic N) is 2. The van der Waals surface area contributed by atoms with E-state index >= 15 is 0 Å². The minimum Gasteiger partial charge on any atom is -0.358 e. The first kappa shape index (κ1) is 17.3. The first-order valence-corrected chi connectivity index (χ1v) is 9.78. The van der Waals surface area contributed by atoms with Crippen LogP contribution in [0.25, 0.3) is 10.9 Å². The first-order valence-electron chi connectivity index (χ1n) is 7.92. The number of nitrogens with one attached hydrogen (secondary N) is 2. The predicted octanol–water partition coefficient (Wildman–Crippen LogP) is 3.86. The molecule has 1 fully saturated rings. The molecule has 1 saturated carbocycles. The molecule has 0 bridgehead atoms. The van der Waals surface area contributed by atoms with Gasteiger partial charge in [-0.25, -0.2) is 17.2 Å². The van der Waals surface area contributed by atoms with Crippen LogP contribution in [-0.2, 0) is 16.6 Å². The number of anilines is 1. The van der Waals surface area contributed by atoms with E-state index in [0.29, 0.717) is 21.6 Å². The normalized spacial score (nSPS) is 17.3. The fourth-order valence-corrected chi connectivity index (χ4v) is 4.41. The average molecular weight is 401 g/mol. The number of sulfonamides is 1. The molecule has 1 aromatic carbocycles. The Balaban J connectivity index is 1.53. The number of aromatic amines is 1. The highest BCUT2D eigenvalue weighted by Crippen LogP contribution is 2.43. The molecule has 10 heteroatoms. The highest BCUT2D eigenvalue weighted by molar-refractivity contribution is 7.92. The van der Waals surface area contributed by atoms with Crippen molar-refractivity contribution in [2.45, 2.75) is 30.2 Å². The monoisotopic (exact) mass is 400 g/mol. The van der Waals surface area contributed by atoms with Gasteiger partial charge in [-0.3, -0.25) is 9.40 Å². The third-order valence-corrected chi connectivity index (χ3v) is 6.08. The second-order valence-electron chi connectivity index (χ2n) is 6.50. The van der Waals surface area contributed by atoms with Crippen LogP contribution in [0.15, 0.2) is 41.7 Å². The van der Waals surface area contributed by atoms with E-state index < -0.39 is 15.9 Å². The van der Waals surface area contributed by atoms with E-state index in [2.05, 4.69) is 14.8 Å². The standard InChI is InChI=1S/C16H15ClF2N4O2S/c17-13-7-20-15-12(13)2-1-3-14(15)22-26(24,25)11-6-21-23(9-11)8-10-4-16(18,19)5-10/h1-3,6-7,9-10,20,22H,4-5,8H2. The zero-order valence-corrected chi connectivity index (χ0v) is 15.0. The van der Waals surface area contributed by atoms with Gasteiger partial charge in [0.25, 0.3) is 10.0 Å². The van der Waals surface area contributed by atoms with Crippen LogP contribution in [-0.4, -0.2) is 29.1 Å². The number of para-hydroxylation sites is 1. The molecule has 0 saturated heterocycles. The molecule has 3 aromatic rings. The highest BCUT2D eigenvalue weighted by Gasteiger charge is 2.45. The van der Waals surface area contributed by atoms with Crippen molar-refractivity contribution in [1.29, 1.82) is 0 Å². The lowest BCUT2D eigenvalue weighted by molar-refractivity contribution is -0.114. The third-order valence-electron chi connectivity index (χ3n) is 4.45. The third kappa shape index (κ3) is 3.16. The number of benzene rings is 1. The second-order valence-corrected chi connectivity index (χ2v) is 8.59. The zero-order chi connectivity index (χ0) is 18.5. The zero-order valence-electron chi connectivity index (χ0n) is 13.4. The van der Waals surface area contributed by atoms with Crippen molar-refractivity contribution in [2.75, 3.05) is 4.72 Å². The maximum Gasteiger partial charge on any atom is 0.265 e. The van der Waals surface area contributed by atoms with Crippen LogP contribution in [0.1, 0.15) is 12.8 Å². The molecular formula is C16H15ClF2N4O2S. The van der Waals surface area contributed by atoms with Crippen molar-refractivity contribution in [3.8, 4) is 0 Å². The number of aromatic nitrogens is 3. The van der Waals surface area contributed by atoms with E-state index in [1.165, 1.54) is 17.1 Å². The molecule has 26 heavy (non-hydrogen) atoms. The van der Waals surface area contributed by atoms with Gasteiger partial charge in [-0.2, -0.15) is 5.10 Å². The Morgan fingerprint density at radius 1 is 1.38 bits per heavy atom. The highest BCUT2D eigenvalue weighted by atomic mass is 35.5. The molecule has 0 radical (unpaired) electrons. The van der Waals surface area contributed by atoms with Gasteiger partial charge in [0.2, 0.25) is 5.92 Å². The van der Waals surface area contributed by atoms with Crippen LogP contribution in [0.2, 0.25) is 5.02 Å². The van der Waals surface area contributed by atoms with Crippen molar-refractivity contribution < 1.29 is 17.2 Å². The minimum atomic E-state index is -3.87. The summed E-state index contributed by atoms with van der Waals surface area (Å²) in [5.74, 6) is -2.80. The SMILES string of the molecule is O=S(=O)(Nc1cccc2c(Cl)c[nH]c12)c1cnn(CC2CC(F)(F)C2)c1. The summed E-state index contributed by atoms with van der Waals surface area (Å²) in [4.78, 5) is 2.90. The summed E-state index contributed by atoms with van der Waals surface area (Å²) in [5, 5.41) is 5.18. The average Bonchev–Trinajstić information content (AvgIpc) is 3.14. The fourth-order valence-electron chi connectivity index (χ4n) is 3.17. The van der Waals surface area contributed by atoms with Gasteiger partial charge < -0.3 is 4.98 Å². The van der Waals surface area contributed by atoms with E-state index in [4.69, 9.17) is 11.6 Å². The molecule has 0 spiro atoms. The van der Waals surface area contributed by atoms with Crippen molar-refractivity contribution in [3.63, 3.8) is 0 Å². The second kappa shape index (κ2) is 5.95. The Labute approximate surface area is 153 Å². The number of alkyl halides is 2. The maximum absolute atomic E-state index is 12.9. The Bertz CT molecular complexity index is 1070. The predicted molar refractivity (Wildman–Crippen MR) is 94.0 cm³/mol. The van der Waals surface area contributed by atoms with E-state index in [1.54, 1.807) is 24.4 Å². The van der Waals surface area contributed by atoms with Crippen molar-refractivity contribution >= 4 is 38.2 Å². The number of H-pyrrole nitrogens is 1. The lowest BCUT2D eigenvalue weighted by Gasteiger charge is -2.34.